The zero-order valence-electron chi connectivity index (χ0n) is 12.4. The quantitative estimate of drug-likeness (QED) is 0.911. The van der Waals surface area contributed by atoms with Gasteiger partial charge in [0, 0.05) is 29.5 Å². The summed E-state index contributed by atoms with van der Waals surface area (Å²) < 4.78 is 0. The normalized spacial score (nSPS) is 36.6. The molecule has 2 saturated heterocycles. The van der Waals surface area contributed by atoms with E-state index in [0.29, 0.717) is 18.1 Å². The summed E-state index contributed by atoms with van der Waals surface area (Å²) in [4.78, 5) is 17.9. The highest BCUT2D eigenvalue weighted by atomic mass is 32.1. The number of carboxylic acid groups (broad SMARTS) is 1. The van der Waals surface area contributed by atoms with E-state index in [1.807, 2.05) is 11.4 Å². The van der Waals surface area contributed by atoms with Crippen LogP contribution < -0.4 is 0 Å². The van der Waals surface area contributed by atoms with Crippen molar-refractivity contribution >= 4 is 17.3 Å². The lowest BCUT2D eigenvalue weighted by Crippen LogP contribution is -2.52. The molecule has 3 unspecified atom stereocenters. The van der Waals surface area contributed by atoms with Crippen LogP contribution in [0.25, 0.3) is 0 Å². The largest absolute Gasteiger partial charge is 0.480 e. The second kappa shape index (κ2) is 5.07. The maximum Gasteiger partial charge on any atom is 0.325 e. The molecule has 0 amide bonds. The standard InChI is InChI=1S/C16H22N2O2S/c1-17-10-2-3-11(17)9-12(8-10)18-6-4-14-13(5-7-21-14)15(18)16(19)20/h5,7,10-12,15H,2-4,6,8-9H2,1H3,(H,19,20). The van der Waals surface area contributed by atoms with Gasteiger partial charge in [0.15, 0.2) is 0 Å². The van der Waals surface area contributed by atoms with Gasteiger partial charge < -0.3 is 10.0 Å². The van der Waals surface area contributed by atoms with Gasteiger partial charge in [-0.25, -0.2) is 0 Å². The molecule has 21 heavy (non-hydrogen) atoms. The Labute approximate surface area is 129 Å². The molecule has 0 aromatic carbocycles. The predicted octanol–water partition coefficient (Wildman–Crippen LogP) is 2.36. The summed E-state index contributed by atoms with van der Waals surface area (Å²) >= 11 is 1.71. The Hall–Kier alpha value is -0.910. The van der Waals surface area contributed by atoms with Crippen LogP contribution in [0.1, 0.15) is 42.2 Å². The number of carbonyl (C=O) groups is 1. The van der Waals surface area contributed by atoms with Crippen LogP contribution in [-0.2, 0) is 11.2 Å². The average molecular weight is 306 g/mol. The van der Waals surface area contributed by atoms with Gasteiger partial charge in [-0.3, -0.25) is 9.69 Å². The van der Waals surface area contributed by atoms with Crippen molar-refractivity contribution in [3.05, 3.63) is 21.9 Å². The molecule has 5 heteroatoms. The van der Waals surface area contributed by atoms with Crippen molar-refractivity contribution in [2.45, 2.75) is 56.3 Å². The highest BCUT2D eigenvalue weighted by molar-refractivity contribution is 7.10. The summed E-state index contributed by atoms with van der Waals surface area (Å²) in [6.07, 6.45) is 5.85. The van der Waals surface area contributed by atoms with E-state index < -0.39 is 12.0 Å². The van der Waals surface area contributed by atoms with Gasteiger partial charge in [0.2, 0.25) is 0 Å². The van der Waals surface area contributed by atoms with E-state index in [-0.39, 0.29) is 0 Å². The first-order chi connectivity index (χ1) is 10.1. The number of carboxylic acids is 1. The summed E-state index contributed by atoms with van der Waals surface area (Å²) in [5, 5.41) is 11.8. The Morgan fingerprint density at radius 2 is 2.00 bits per heavy atom. The monoisotopic (exact) mass is 306 g/mol. The molecular formula is C16H22N2O2S. The number of nitrogens with zero attached hydrogens (tertiary/aromatic N) is 2. The molecule has 4 heterocycles. The minimum Gasteiger partial charge on any atom is -0.480 e. The third kappa shape index (κ3) is 2.14. The maximum atomic E-state index is 11.9. The van der Waals surface area contributed by atoms with Gasteiger partial charge in [0.1, 0.15) is 6.04 Å². The molecule has 1 aromatic rings. The van der Waals surface area contributed by atoms with Crippen LogP contribution >= 0.6 is 11.3 Å². The summed E-state index contributed by atoms with van der Waals surface area (Å²) in [6.45, 7) is 0.901. The number of rotatable bonds is 2. The zero-order valence-corrected chi connectivity index (χ0v) is 13.2. The lowest BCUT2D eigenvalue weighted by molar-refractivity contribution is -0.146. The molecule has 4 rings (SSSR count). The maximum absolute atomic E-state index is 11.9. The number of hydrogen-bond acceptors (Lipinski definition) is 4. The number of hydrogen-bond donors (Lipinski definition) is 1. The van der Waals surface area contributed by atoms with Crippen molar-refractivity contribution in [2.24, 2.45) is 0 Å². The fraction of sp³-hybridized carbons (Fsp3) is 0.688. The molecule has 3 atom stereocenters. The van der Waals surface area contributed by atoms with Crippen LogP contribution in [0.3, 0.4) is 0 Å². The van der Waals surface area contributed by atoms with Crippen LogP contribution in [0, 0.1) is 0 Å². The third-order valence-electron chi connectivity index (χ3n) is 5.78. The molecule has 0 spiro atoms. The van der Waals surface area contributed by atoms with Gasteiger partial charge in [-0.1, -0.05) is 0 Å². The topological polar surface area (TPSA) is 43.8 Å². The Kier molecular flexibility index (Phi) is 3.32. The van der Waals surface area contributed by atoms with E-state index in [2.05, 4.69) is 16.8 Å². The van der Waals surface area contributed by atoms with Crippen LogP contribution in [-0.4, -0.2) is 52.6 Å². The van der Waals surface area contributed by atoms with Crippen LogP contribution in [0.4, 0.5) is 0 Å². The summed E-state index contributed by atoms with van der Waals surface area (Å²) in [5.41, 5.74) is 1.05. The van der Waals surface area contributed by atoms with Crippen LogP contribution in [0.5, 0.6) is 0 Å². The van der Waals surface area contributed by atoms with Crippen LogP contribution in [0.2, 0.25) is 0 Å². The number of piperidine rings is 1. The molecule has 3 aliphatic heterocycles. The Balaban J connectivity index is 1.62. The first-order valence-corrected chi connectivity index (χ1v) is 8.80. The third-order valence-corrected chi connectivity index (χ3v) is 6.78. The van der Waals surface area contributed by atoms with E-state index in [1.54, 1.807) is 11.3 Å². The minimum absolute atomic E-state index is 0.423. The predicted molar refractivity (Wildman–Crippen MR) is 82.7 cm³/mol. The summed E-state index contributed by atoms with van der Waals surface area (Å²) in [6, 6.07) is 3.36. The number of aliphatic carboxylic acids is 1. The van der Waals surface area contributed by atoms with Crippen molar-refractivity contribution in [1.82, 2.24) is 9.80 Å². The Bertz CT molecular complexity index is 544. The molecular weight excluding hydrogens is 284 g/mol. The molecule has 1 aromatic heterocycles. The van der Waals surface area contributed by atoms with Gasteiger partial charge in [-0.15, -0.1) is 11.3 Å². The van der Waals surface area contributed by atoms with Gasteiger partial charge in [-0.05, 0) is 56.2 Å². The fourth-order valence-electron chi connectivity index (χ4n) is 4.66. The van der Waals surface area contributed by atoms with Gasteiger partial charge in [0.05, 0.1) is 0 Å². The summed E-state index contributed by atoms with van der Waals surface area (Å²) in [5.74, 6) is -0.680. The lowest BCUT2D eigenvalue weighted by atomic mass is 9.91. The van der Waals surface area contributed by atoms with Crippen molar-refractivity contribution in [3.63, 3.8) is 0 Å². The molecule has 0 aliphatic carbocycles. The first-order valence-electron chi connectivity index (χ1n) is 7.92. The van der Waals surface area contributed by atoms with Crippen molar-refractivity contribution in [1.29, 1.82) is 0 Å². The van der Waals surface area contributed by atoms with Gasteiger partial charge >= 0.3 is 5.97 Å². The average Bonchev–Trinajstić information content (AvgIpc) is 2.99. The number of fused-ring (bicyclic) bond motifs is 3. The minimum atomic E-state index is -0.680. The van der Waals surface area contributed by atoms with Crippen molar-refractivity contribution in [3.8, 4) is 0 Å². The second-order valence-corrected chi connectivity index (χ2v) is 7.70. The lowest BCUT2D eigenvalue weighted by Gasteiger charge is -2.45. The van der Waals surface area contributed by atoms with Crippen LogP contribution in [0.15, 0.2) is 11.4 Å². The van der Waals surface area contributed by atoms with Crippen molar-refractivity contribution in [2.75, 3.05) is 13.6 Å². The SMILES string of the molecule is CN1C2CCC1CC(N1CCc3sccc3C1C(=O)O)C2. The van der Waals surface area contributed by atoms with E-state index >= 15 is 0 Å². The summed E-state index contributed by atoms with van der Waals surface area (Å²) in [7, 11) is 2.24. The molecule has 114 valence electrons. The van der Waals surface area contributed by atoms with Gasteiger partial charge in [0.25, 0.3) is 0 Å². The number of thiophene rings is 1. The fourth-order valence-corrected chi connectivity index (χ4v) is 5.56. The highest BCUT2D eigenvalue weighted by Crippen LogP contribution is 2.41. The molecule has 3 aliphatic rings. The molecule has 4 nitrogen and oxygen atoms in total. The molecule has 1 N–H and O–H groups in total. The molecule has 0 radical (unpaired) electrons. The molecule has 2 bridgehead atoms. The zero-order chi connectivity index (χ0) is 14.6. The second-order valence-electron chi connectivity index (χ2n) is 6.70. The highest BCUT2D eigenvalue weighted by Gasteiger charge is 2.44. The van der Waals surface area contributed by atoms with E-state index in [4.69, 9.17) is 0 Å². The molecule has 2 fully saturated rings. The van der Waals surface area contributed by atoms with E-state index in [0.717, 1.165) is 31.4 Å². The van der Waals surface area contributed by atoms with E-state index in [9.17, 15) is 9.90 Å². The smallest absolute Gasteiger partial charge is 0.325 e. The Morgan fingerprint density at radius 1 is 1.29 bits per heavy atom. The van der Waals surface area contributed by atoms with Gasteiger partial charge in [-0.2, -0.15) is 0 Å². The van der Waals surface area contributed by atoms with Crippen molar-refractivity contribution < 1.29 is 9.90 Å². The first kappa shape index (κ1) is 13.7. The van der Waals surface area contributed by atoms with E-state index in [1.165, 1.54) is 17.7 Å². The molecule has 0 saturated carbocycles. The Morgan fingerprint density at radius 3 is 2.67 bits per heavy atom.